The van der Waals surface area contributed by atoms with E-state index in [0.717, 1.165) is 39.5 Å². The Morgan fingerprint density at radius 1 is 0.786 bits per heavy atom. The van der Waals surface area contributed by atoms with Crippen LogP contribution in [-0.2, 0) is 6.42 Å². The average Bonchev–Trinajstić information content (AvgIpc) is 3.32. The molecule has 6 aromatic rings. The lowest BCUT2D eigenvalue weighted by Crippen LogP contribution is -1.94. The molecule has 0 fully saturated rings. The smallest absolute Gasteiger partial charge is 0.178 e. The second-order valence-corrected chi connectivity index (χ2v) is 7.37. The molecule has 0 saturated heterocycles. The number of imidazole rings is 1. The fourth-order valence-corrected chi connectivity index (χ4v) is 4.80. The van der Waals surface area contributed by atoms with Crippen LogP contribution in [0, 0.1) is 0 Å². The fourth-order valence-electron chi connectivity index (χ4n) is 4.80. The van der Waals surface area contributed by atoms with E-state index in [1.807, 2.05) is 18.5 Å². The van der Waals surface area contributed by atoms with E-state index in [-0.39, 0.29) is 0 Å². The molecule has 4 nitrogen and oxygen atoms in total. The molecule has 0 atom stereocenters. The van der Waals surface area contributed by atoms with E-state index >= 15 is 0 Å². The Morgan fingerprint density at radius 3 is 2.75 bits per heavy atom. The third kappa shape index (κ3) is 1.63. The monoisotopic (exact) mass is 358 g/mol. The summed E-state index contributed by atoms with van der Waals surface area (Å²) in [5, 5.41) is 3.55. The molecule has 7 rings (SSSR count). The molecular formula is C24H14N4. The van der Waals surface area contributed by atoms with Crippen molar-refractivity contribution in [3.05, 3.63) is 84.3 Å². The lowest BCUT2D eigenvalue weighted by atomic mass is 9.96. The average molecular weight is 358 g/mol. The van der Waals surface area contributed by atoms with Gasteiger partial charge in [0.2, 0.25) is 0 Å². The molecule has 28 heavy (non-hydrogen) atoms. The molecule has 1 aliphatic carbocycles. The summed E-state index contributed by atoms with van der Waals surface area (Å²) in [6.07, 6.45) is 6.62. The highest BCUT2D eigenvalue weighted by molar-refractivity contribution is 6.20. The van der Waals surface area contributed by atoms with Crippen LogP contribution < -0.4 is 0 Å². The first-order chi connectivity index (χ1) is 13.9. The van der Waals surface area contributed by atoms with Crippen LogP contribution in [0.15, 0.2) is 73.2 Å². The van der Waals surface area contributed by atoms with Crippen LogP contribution in [0.4, 0.5) is 0 Å². The van der Waals surface area contributed by atoms with Crippen LogP contribution in [0.1, 0.15) is 11.1 Å². The normalized spacial score (nSPS) is 12.9. The van der Waals surface area contributed by atoms with Gasteiger partial charge in [-0.05, 0) is 46.9 Å². The molecule has 0 radical (unpaired) electrons. The van der Waals surface area contributed by atoms with Crippen molar-refractivity contribution in [3.63, 3.8) is 0 Å². The Morgan fingerprint density at radius 2 is 1.75 bits per heavy atom. The summed E-state index contributed by atoms with van der Waals surface area (Å²) in [4.78, 5) is 13.9. The Balaban J connectivity index is 1.82. The number of nitrogens with zero attached hydrogens (tertiary/aromatic N) is 4. The summed E-state index contributed by atoms with van der Waals surface area (Å²) < 4.78 is 2.22. The van der Waals surface area contributed by atoms with Gasteiger partial charge in [-0.3, -0.25) is 9.38 Å². The van der Waals surface area contributed by atoms with Crippen LogP contribution in [0.2, 0.25) is 0 Å². The third-order valence-electron chi connectivity index (χ3n) is 5.94. The van der Waals surface area contributed by atoms with Crippen molar-refractivity contribution in [1.29, 1.82) is 0 Å². The van der Waals surface area contributed by atoms with Crippen molar-refractivity contribution < 1.29 is 0 Å². The maximum absolute atomic E-state index is 4.91. The van der Waals surface area contributed by atoms with Crippen LogP contribution in [0.5, 0.6) is 0 Å². The van der Waals surface area contributed by atoms with Gasteiger partial charge in [-0.2, -0.15) is 0 Å². The largest absolute Gasteiger partial charge is 0.290 e. The Labute approximate surface area is 160 Å². The molecule has 130 valence electrons. The van der Waals surface area contributed by atoms with Crippen molar-refractivity contribution in [2.24, 2.45) is 0 Å². The summed E-state index contributed by atoms with van der Waals surface area (Å²) in [5.74, 6) is 0. The molecule has 0 bridgehead atoms. The standard InChI is InChI=1S/C24H14N4/c1-2-5-16-14(4-1)12-15-7-8-17-22(21(15)16)18-13-25-11-9-19(18)28-20-6-3-10-26-23(20)27-24(17)28/h1-11,13H,12H2. The molecule has 0 N–H and O–H groups in total. The maximum atomic E-state index is 4.91. The molecule has 0 aliphatic heterocycles. The molecule has 0 unspecified atom stereocenters. The number of aromatic nitrogens is 4. The highest BCUT2D eigenvalue weighted by Gasteiger charge is 2.24. The SMILES string of the molecule is c1ccc2c(c1)Cc1ccc3c(c1-2)c1cnccc1n1c2cccnc2nc31. The predicted octanol–water partition coefficient (Wildman–Crippen LogP) is 5.16. The molecule has 0 amide bonds. The van der Waals surface area contributed by atoms with Crippen LogP contribution in [-0.4, -0.2) is 19.4 Å². The highest BCUT2D eigenvalue weighted by Crippen LogP contribution is 2.44. The van der Waals surface area contributed by atoms with Crippen molar-refractivity contribution in [2.45, 2.75) is 6.42 Å². The van der Waals surface area contributed by atoms with E-state index in [4.69, 9.17) is 4.98 Å². The summed E-state index contributed by atoms with van der Waals surface area (Å²) >= 11 is 0. The van der Waals surface area contributed by atoms with Gasteiger partial charge in [-0.1, -0.05) is 36.4 Å². The summed E-state index contributed by atoms with van der Waals surface area (Å²) in [7, 11) is 0. The van der Waals surface area contributed by atoms with Gasteiger partial charge in [-0.15, -0.1) is 0 Å². The van der Waals surface area contributed by atoms with Gasteiger partial charge in [0.1, 0.15) is 5.65 Å². The van der Waals surface area contributed by atoms with Crippen LogP contribution >= 0.6 is 0 Å². The first-order valence-electron chi connectivity index (χ1n) is 9.43. The van der Waals surface area contributed by atoms with Gasteiger partial charge in [0, 0.05) is 34.7 Å². The number of benzene rings is 2. The zero-order valence-electron chi connectivity index (χ0n) is 14.9. The Hall–Kier alpha value is -3.79. The number of pyridine rings is 3. The lowest BCUT2D eigenvalue weighted by molar-refractivity contribution is 1.26. The first-order valence-corrected chi connectivity index (χ1v) is 9.43. The summed E-state index contributed by atoms with van der Waals surface area (Å²) in [6, 6.07) is 19.3. The van der Waals surface area contributed by atoms with Crippen LogP contribution in [0.3, 0.4) is 0 Å². The second kappa shape index (κ2) is 4.93. The topological polar surface area (TPSA) is 43.1 Å². The number of rotatable bonds is 0. The first kappa shape index (κ1) is 14.3. The van der Waals surface area contributed by atoms with Gasteiger partial charge in [-0.25, -0.2) is 9.97 Å². The quantitative estimate of drug-likeness (QED) is 0.352. The number of hydrogen-bond acceptors (Lipinski definition) is 3. The molecule has 4 aromatic heterocycles. The van der Waals surface area contributed by atoms with Gasteiger partial charge in [0.15, 0.2) is 5.65 Å². The zero-order valence-corrected chi connectivity index (χ0v) is 14.9. The van der Waals surface area contributed by atoms with E-state index in [1.165, 1.54) is 27.6 Å². The van der Waals surface area contributed by atoms with E-state index in [0.29, 0.717) is 0 Å². The van der Waals surface area contributed by atoms with Gasteiger partial charge in [0.25, 0.3) is 0 Å². The number of hydrogen-bond donors (Lipinski definition) is 0. The maximum Gasteiger partial charge on any atom is 0.178 e. The Kier molecular flexibility index (Phi) is 2.51. The van der Waals surface area contributed by atoms with Gasteiger partial charge < -0.3 is 0 Å². The third-order valence-corrected chi connectivity index (χ3v) is 5.94. The van der Waals surface area contributed by atoms with Crippen molar-refractivity contribution >= 4 is 38.5 Å². The summed E-state index contributed by atoms with van der Waals surface area (Å²) in [5.41, 5.74) is 9.28. The zero-order chi connectivity index (χ0) is 18.2. The minimum atomic E-state index is 0.772. The summed E-state index contributed by atoms with van der Waals surface area (Å²) in [6.45, 7) is 0. The molecule has 1 aliphatic rings. The van der Waals surface area contributed by atoms with Gasteiger partial charge >= 0.3 is 0 Å². The van der Waals surface area contributed by atoms with Crippen molar-refractivity contribution in [2.75, 3.05) is 0 Å². The van der Waals surface area contributed by atoms with Crippen molar-refractivity contribution in [3.8, 4) is 11.1 Å². The second-order valence-electron chi connectivity index (χ2n) is 7.37. The molecule has 0 saturated carbocycles. The molecule has 0 spiro atoms. The lowest BCUT2D eigenvalue weighted by Gasteiger charge is -2.12. The predicted molar refractivity (Wildman–Crippen MR) is 112 cm³/mol. The molecular weight excluding hydrogens is 344 g/mol. The minimum Gasteiger partial charge on any atom is -0.290 e. The number of fused-ring (bicyclic) bond motifs is 12. The fraction of sp³-hybridized carbons (Fsp3) is 0.0417. The molecule has 2 aromatic carbocycles. The van der Waals surface area contributed by atoms with Crippen molar-refractivity contribution in [1.82, 2.24) is 19.4 Å². The highest BCUT2D eigenvalue weighted by atomic mass is 15.1. The van der Waals surface area contributed by atoms with E-state index in [1.54, 1.807) is 6.20 Å². The van der Waals surface area contributed by atoms with Gasteiger partial charge in [0.05, 0.1) is 11.0 Å². The minimum absolute atomic E-state index is 0.772. The van der Waals surface area contributed by atoms with E-state index in [9.17, 15) is 0 Å². The van der Waals surface area contributed by atoms with E-state index in [2.05, 4.69) is 62.9 Å². The molecule has 4 heterocycles. The Bertz CT molecular complexity index is 1590. The van der Waals surface area contributed by atoms with E-state index < -0.39 is 0 Å². The molecule has 4 heteroatoms. The van der Waals surface area contributed by atoms with Crippen LogP contribution in [0.25, 0.3) is 49.6 Å².